The molecule has 0 aromatic heterocycles. The van der Waals surface area contributed by atoms with E-state index in [9.17, 15) is 5.11 Å². The normalized spacial score (nSPS) is 20.3. The minimum Gasteiger partial charge on any atom is -0.508 e. The van der Waals surface area contributed by atoms with Crippen molar-refractivity contribution in [1.29, 1.82) is 0 Å². The summed E-state index contributed by atoms with van der Waals surface area (Å²) in [4.78, 5) is 2.51. The Morgan fingerprint density at radius 3 is 2.58 bits per heavy atom. The van der Waals surface area contributed by atoms with Gasteiger partial charge in [0.1, 0.15) is 5.75 Å². The molecule has 2 N–H and O–H groups in total. The maximum Gasteiger partial charge on any atom is 0.122 e. The van der Waals surface area contributed by atoms with Crippen molar-refractivity contribution >= 4 is 5.69 Å². The van der Waals surface area contributed by atoms with Gasteiger partial charge in [-0.1, -0.05) is 6.07 Å². The molecule has 0 heterocycles. The highest BCUT2D eigenvalue weighted by molar-refractivity contribution is 5.55. The van der Waals surface area contributed by atoms with E-state index in [1.807, 2.05) is 13.1 Å². The van der Waals surface area contributed by atoms with E-state index < -0.39 is 0 Å². The molecule has 1 unspecified atom stereocenters. The first kappa shape index (κ1) is 12.8. The molecule has 0 bridgehead atoms. The Morgan fingerprint density at radius 2 is 2.05 bits per heavy atom. The maximum atomic E-state index is 10.2. The van der Waals surface area contributed by atoms with Crippen LogP contribution in [-0.2, 0) is 0 Å². The molecule has 1 aromatic rings. The summed E-state index contributed by atoms with van der Waals surface area (Å²) in [7, 11) is 1.92. The van der Waals surface area contributed by atoms with Gasteiger partial charge >= 0.3 is 0 Å². The first-order valence-electron chi connectivity index (χ1n) is 7.46. The van der Waals surface area contributed by atoms with Crippen molar-refractivity contribution < 1.29 is 5.11 Å². The largest absolute Gasteiger partial charge is 0.508 e. The molecule has 1 aromatic carbocycles. The third-order valence-corrected chi connectivity index (χ3v) is 4.38. The number of nitrogens with one attached hydrogen (secondary N) is 1. The number of nitrogens with zero attached hydrogens (tertiary/aromatic N) is 1. The summed E-state index contributed by atoms with van der Waals surface area (Å²) in [5, 5.41) is 13.4. The van der Waals surface area contributed by atoms with E-state index in [0.29, 0.717) is 11.8 Å². The summed E-state index contributed by atoms with van der Waals surface area (Å²) in [6.07, 6.45) is 5.37. The summed E-state index contributed by atoms with van der Waals surface area (Å²) >= 11 is 0. The zero-order chi connectivity index (χ0) is 13.4. The van der Waals surface area contributed by atoms with Crippen molar-refractivity contribution in [3.05, 3.63) is 23.8 Å². The van der Waals surface area contributed by atoms with E-state index in [1.165, 1.54) is 37.9 Å². The van der Waals surface area contributed by atoms with Crippen LogP contribution < -0.4 is 10.2 Å². The highest BCUT2D eigenvalue weighted by Gasteiger charge is 2.34. The molecule has 3 heteroatoms. The Kier molecular flexibility index (Phi) is 3.40. The summed E-state index contributed by atoms with van der Waals surface area (Å²) < 4.78 is 0. The van der Waals surface area contributed by atoms with Gasteiger partial charge in [-0.2, -0.15) is 0 Å². The zero-order valence-electron chi connectivity index (χ0n) is 11.9. The molecule has 0 aliphatic heterocycles. The quantitative estimate of drug-likeness (QED) is 0.825. The molecular weight excluding hydrogens is 236 g/mol. The summed E-state index contributed by atoms with van der Waals surface area (Å²) in [6, 6.07) is 7.08. The first-order chi connectivity index (χ1) is 9.19. The monoisotopic (exact) mass is 260 g/mol. The Balaban J connectivity index is 1.80. The molecule has 104 valence electrons. The van der Waals surface area contributed by atoms with E-state index in [0.717, 1.165) is 11.5 Å². The van der Waals surface area contributed by atoms with Gasteiger partial charge in [-0.05, 0) is 51.6 Å². The molecular formula is C16H24N2O. The summed E-state index contributed by atoms with van der Waals surface area (Å²) in [6.45, 7) is 3.24. The predicted octanol–water partition coefficient (Wildman–Crippen LogP) is 3.05. The second-order valence-electron chi connectivity index (χ2n) is 6.08. The number of phenols is 1. The average molecular weight is 260 g/mol. The smallest absolute Gasteiger partial charge is 0.122 e. The van der Waals surface area contributed by atoms with Crippen LogP contribution in [0.15, 0.2) is 18.2 Å². The van der Waals surface area contributed by atoms with Crippen molar-refractivity contribution in [3.8, 4) is 5.75 Å². The molecule has 0 saturated heterocycles. The SMILES string of the molecule is CNC(C)c1ccc(N(CC2CC2)C2CC2)cc1O. The lowest BCUT2D eigenvalue weighted by atomic mass is 10.1. The lowest BCUT2D eigenvalue weighted by Gasteiger charge is -2.26. The van der Waals surface area contributed by atoms with Gasteiger partial charge in [0.25, 0.3) is 0 Å². The lowest BCUT2D eigenvalue weighted by molar-refractivity contribution is 0.457. The van der Waals surface area contributed by atoms with E-state index in [1.54, 1.807) is 0 Å². The molecule has 19 heavy (non-hydrogen) atoms. The third-order valence-electron chi connectivity index (χ3n) is 4.38. The van der Waals surface area contributed by atoms with E-state index >= 15 is 0 Å². The molecule has 3 nitrogen and oxygen atoms in total. The topological polar surface area (TPSA) is 35.5 Å². The highest BCUT2D eigenvalue weighted by atomic mass is 16.3. The van der Waals surface area contributed by atoms with Crippen LogP contribution in [0, 0.1) is 5.92 Å². The summed E-state index contributed by atoms with van der Waals surface area (Å²) in [5.41, 5.74) is 2.17. The molecule has 0 spiro atoms. The Morgan fingerprint density at radius 1 is 1.32 bits per heavy atom. The van der Waals surface area contributed by atoms with E-state index in [4.69, 9.17) is 0 Å². The van der Waals surface area contributed by atoms with Crippen LogP contribution in [-0.4, -0.2) is 24.7 Å². The van der Waals surface area contributed by atoms with Gasteiger partial charge < -0.3 is 15.3 Å². The molecule has 0 amide bonds. The fourth-order valence-electron chi connectivity index (χ4n) is 2.66. The van der Waals surface area contributed by atoms with Gasteiger partial charge in [-0.15, -0.1) is 0 Å². The second-order valence-corrected chi connectivity index (χ2v) is 6.08. The number of benzene rings is 1. The Labute approximate surface area is 115 Å². The molecule has 2 saturated carbocycles. The number of phenolic OH excluding ortho intramolecular Hbond substituents is 1. The number of aromatic hydroxyl groups is 1. The predicted molar refractivity (Wildman–Crippen MR) is 78.7 cm³/mol. The highest BCUT2D eigenvalue weighted by Crippen LogP contribution is 2.39. The van der Waals surface area contributed by atoms with Crippen molar-refractivity contribution in [2.45, 2.75) is 44.7 Å². The Hall–Kier alpha value is -1.22. The number of rotatable bonds is 6. The fourth-order valence-corrected chi connectivity index (χ4v) is 2.66. The van der Waals surface area contributed by atoms with Gasteiger partial charge in [-0.3, -0.25) is 0 Å². The van der Waals surface area contributed by atoms with Gasteiger partial charge in [0.15, 0.2) is 0 Å². The van der Waals surface area contributed by atoms with Crippen molar-refractivity contribution in [2.75, 3.05) is 18.5 Å². The fraction of sp³-hybridized carbons (Fsp3) is 0.625. The van der Waals surface area contributed by atoms with Crippen molar-refractivity contribution in [1.82, 2.24) is 5.32 Å². The van der Waals surface area contributed by atoms with Crippen LogP contribution in [0.4, 0.5) is 5.69 Å². The molecule has 2 aliphatic rings. The van der Waals surface area contributed by atoms with Crippen LogP contribution in [0.1, 0.15) is 44.2 Å². The van der Waals surface area contributed by atoms with Crippen LogP contribution in [0.2, 0.25) is 0 Å². The molecule has 0 radical (unpaired) electrons. The van der Waals surface area contributed by atoms with Gasteiger partial charge in [-0.25, -0.2) is 0 Å². The molecule has 2 fully saturated rings. The standard InChI is InChI=1S/C16H24N2O/c1-11(17-2)15-8-7-14(9-16(15)19)18(13-5-6-13)10-12-3-4-12/h7-9,11-13,17,19H,3-6,10H2,1-2H3. The molecule has 1 atom stereocenters. The van der Waals surface area contributed by atoms with E-state index in [-0.39, 0.29) is 6.04 Å². The zero-order valence-corrected chi connectivity index (χ0v) is 11.9. The molecule has 2 aliphatic carbocycles. The van der Waals surface area contributed by atoms with E-state index in [2.05, 4.69) is 29.3 Å². The van der Waals surface area contributed by atoms with Crippen molar-refractivity contribution in [3.63, 3.8) is 0 Å². The maximum absolute atomic E-state index is 10.2. The number of anilines is 1. The second kappa shape index (κ2) is 5.04. The summed E-state index contributed by atoms with van der Waals surface area (Å²) in [5.74, 6) is 1.31. The van der Waals surface area contributed by atoms with Gasteiger partial charge in [0.2, 0.25) is 0 Å². The van der Waals surface area contributed by atoms with Gasteiger partial charge in [0.05, 0.1) is 0 Å². The van der Waals surface area contributed by atoms with Crippen LogP contribution in [0.3, 0.4) is 0 Å². The minimum atomic E-state index is 0.187. The van der Waals surface area contributed by atoms with Crippen LogP contribution >= 0.6 is 0 Å². The Bertz CT molecular complexity index is 452. The van der Waals surface area contributed by atoms with Crippen LogP contribution in [0.5, 0.6) is 5.75 Å². The first-order valence-corrected chi connectivity index (χ1v) is 7.46. The number of hydrogen-bond acceptors (Lipinski definition) is 3. The third kappa shape index (κ3) is 2.86. The van der Waals surface area contributed by atoms with Crippen molar-refractivity contribution in [2.24, 2.45) is 5.92 Å². The minimum absolute atomic E-state index is 0.187. The van der Waals surface area contributed by atoms with Gasteiger partial charge in [0, 0.05) is 35.9 Å². The number of hydrogen-bond donors (Lipinski definition) is 2. The average Bonchev–Trinajstić information content (AvgIpc) is 3.27. The van der Waals surface area contributed by atoms with Crippen LogP contribution in [0.25, 0.3) is 0 Å². The molecule has 3 rings (SSSR count). The lowest BCUT2D eigenvalue weighted by Crippen LogP contribution is -2.28.